The third-order valence-electron chi connectivity index (χ3n) is 2.19. The standard InChI is InChI=1S/C10H11N3O6/c1-5-2-7(13(18)19)9(11-4-5)12-6(10(16)17)3-8(14)15/h2,4,6H,3H2,1H3,(H,11,12)(H,14,15)(H,16,17). The average Bonchev–Trinajstić information content (AvgIpc) is 2.29. The summed E-state index contributed by atoms with van der Waals surface area (Å²) in [5.41, 5.74) is 0.124. The number of carbonyl (C=O) groups is 2. The summed E-state index contributed by atoms with van der Waals surface area (Å²) in [5.74, 6) is -3.04. The number of aliphatic carboxylic acids is 2. The number of nitro groups is 1. The van der Waals surface area contributed by atoms with Gasteiger partial charge in [-0.1, -0.05) is 0 Å². The Hall–Kier alpha value is -2.71. The Labute approximate surface area is 107 Å². The number of carboxylic acids is 2. The molecule has 0 radical (unpaired) electrons. The van der Waals surface area contributed by atoms with E-state index in [1.54, 1.807) is 6.92 Å². The zero-order valence-electron chi connectivity index (χ0n) is 9.86. The van der Waals surface area contributed by atoms with Gasteiger partial charge in [-0.05, 0) is 12.5 Å². The summed E-state index contributed by atoms with van der Waals surface area (Å²) < 4.78 is 0. The quantitative estimate of drug-likeness (QED) is 0.504. The first kappa shape index (κ1) is 14.4. The van der Waals surface area contributed by atoms with Crippen LogP contribution in [0.3, 0.4) is 0 Å². The maximum atomic E-state index is 10.9. The molecule has 1 aromatic heterocycles. The second kappa shape index (κ2) is 5.76. The molecular weight excluding hydrogens is 258 g/mol. The van der Waals surface area contributed by atoms with Gasteiger partial charge in [0.05, 0.1) is 11.3 Å². The number of rotatable bonds is 6. The fourth-order valence-electron chi connectivity index (χ4n) is 1.34. The lowest BCUT2D eigenvalue weighted by Crippen LogP contribution is -2.32. The summed E-state index contributed by atoms with van der Waals surface area (Å²) in [6.45, 7) is 1.59. The normalized spacial score (nSPS) is 11.6. The van der Waals surface area contributed by atoms with Gasteiger partial charge in [-0.2, -0.15) is 0 Å². The molecule has 0 fully saturated rings. The van der Waals surface area contributed by atoms with Crippen LogP contribution in [0.1, 0.15) is 12.0 Å². The predicted octanol–water partition coefficient (Wildman–Crippen LogP) is 0.638. The van der Waals surface area contributed by atoms with Crippen molar-refractivity contribution in [2.75, 3.05) is 5.32 Å². The van der Waals surface area contributed by atoms with Gasteiger partial charge in [-0.25, -0.2) is 9.78 Å². The summed E-state index contributed by atoms with van der Waals surface area (Å²) >= 11 is 0. The molecule has 0 amide bonds. The molecule has 1 aromatic rings. The molecular formula is C10H11N3O6. The SMILES string of the molecule is Cc1cnc(NC(CC(=O)O)C(=O)O)c([N+](=O)[O-])c1. The number of carboxylic acid groups (broad SMARTS) is 2. The van der Waals surface area contributed by atoms with Crippen molar-refractivity contribution in [2.45, 2.75) is 19.4 Å². The van der Waals surface area contributed by atoms with E-state index >= 15 is 0 Å². The second-order valence-corrected chi connectivity index (χ2v) is 3.77. The molecule has 1 rings (SSSR count). The molecule has 0 saturated heterocycles. The molecule has 9 nitrogen and oxygen atoms in total. The van der Waals surface area contributed by atoms with Gasteiger partial charge in [0.2, 0.25) is 5.82 Å². The van der Waals surface area contributed by atoms with Gasteiger partial charge in [0, 0.05) is 12.3 Å². The molecule has 0 spiro atoms. The zero-order chi connectivity index (χ0) is 14.6. The topological polar surface area (TPSA) is 143 Å². The number of hydrogen-bond acceptors (Lipinski definition) is 6. The Morgan fingerprint density at radius 1 is 1.53 bits per heavy atom. The van der Waals surface area contributed by atoms with Crippen molar-refractivity contribution in [2.24, 2.45) is 0 Å². The molecule has 3 N–H and O–H groups in total. The Morgan fingerprint density at radius 3 is 2.63 bits per heavy atom. The molecule has 0 aromatic carbocycles. The van der Waals surface area contributed by atoms with E-state index in [4.69, 9.17) is 10.2 Å². The van der Waals surface area contributed by atoms with Gasteiger partial charge >= 0.3 is 17.6 Å². The number of anilines is 1. The van der Waals surface area contributed by atoms with Crippen molar-refractivity contribution in [1.29, 1.82) is 0 Å². The fraction of sp³-hybridized carbons (Fsp3) is 0.300. The number of aryl methyl sites for hydroxylation is 1. The van der Waals surface area contributed by atoms with Gasteiger partial charge < -0.3 is 15.5 Å². The minimum atomic E-state index is -1.49. The van der Waals surface area contributed by atoms with Crippen LogP contribution in [-0.4, -0.2) is 38.1 Å². The zero-order valence-corrected chi connectivity index (χ0v) is 9.86. The summed E-state index contributed by atoms with van der Waals surface area (Å²) in [6, 6.07) is -0.277. The fourth-order valence-corrected chi connectivity index (χ4v) is 1.34. The maximum Gasteiger partial charge on any atom is 0.326 e. The van der Waals surface area contributed by atoms with Crippen molar-refractivity contribution in [1.82, 2.24) is 4.98 Å². The van der Waals surface area contributed by atoms with Crippen LogP contribution in [0.5, 0.6) is 0 Å². The lowest BCUT2D eigenvalue weighted by molar-refractivity contribution is -0.384. The average molecular weight is 269 g/mol. The van der Waals surface area contributed by atoms with Gasteiger partial charge in [0.15, 0.2) is 0 Å². The predicted molar refractivity (Wildman–Crippen MR) is 62.9 cm³/mol. The molecule has 1 unspecified atom stereocenters. The lowest BCUT2D eigenvalue weighted by Gasteiger charge is -2.13. The van der Waals surface area contributed by atoms with Crippen LogP contribution in [0.15, 0.2) is 12.3 Å². The summed E-state index contributed by atoms with van der Waals surface area (Å²) in [5, 5.41) is 30.5. The number of nitrogens with one attached hydrogen (secondary N) is 1. The first-order chi connectivity index (χ1) is 8.81. The van der Waals surface area contributed by atoms with Crippen molar-refractivity contribution in [3.05, 3.63) is 27.9 Å². The minimum absolute atomic E-state index is 0.274. The van der Waals surface area contributed by atoms with Crippen LogP contribution < -0.4 is 5.32 Å². The molecule has 0 aliphatic carbocycles. The highest BCUT2D eigenvalue weighted by atomic mass is 16.6. The van der Waals surface area contributed by atoms with Gasteiger partial charge in [-0.15, -0.1) is 0 Å². The summed E-state index contributed by atoms with van der Waals surface area (Å²) in [6.07, 6.45) is 0.594. The van der Waals surface area contributed by atoms with E-state index in [0.29, 0.717) is 5.56 Å². The third-order valence-corrected chi connectivity index (χ3v) is 2.19. The number of pyridine rings is 1. The highest BCUT2D eigenvalue weighted by Crippen LogP contribution is 2.23. The number of aromatic nitrogens is 1. The van der Waals surface area contributed by atoms with Crippen LogP contribution in [0.25, 0.3) is 0 Å². The highest BCUT2D eigenvalue weighted by molar-refractivity contribution is 5.83. The van der Waals surface area contributed by atoms with Crippen LogP contribution in [0.4, 0.5) is 11.5 Å². The number of nitrogens with zero attached hydrogens (tertiary/aromatic N) is 2. The Kier molecular flexibility index (Phi) is 4.35. The van der Waals surface area contributed by atoms with E-state index in [9.17, 15) is 19.7 Å². The Morgan fingerprint density at radius 2 is 2.16 bits per heavy atom. The molecule has 19 heavy (non-hydrogen) atoms. The first-order valence-electron chi connectivity index (χ1n) is 5.13. The molecule has 1 heterocycles. The van der Waals surface area contributed by atoms with Crippen LogP contribution >= 0.6 is 0 Å². The number of hydrogen-bond donors (Lipinski definition) is 3. The van der Waals surface area contributed by atoms with Crippen LogP contribution in [0, 0.1) is 17.0 Å². The lowest BCUT2D eigenvalue weighted by atomic mass is 10.2. The third kappa shape index (κ3) is 3.91. The van der Waals surface area contributed by atoms with E-state index in [1.807, 2.05) is 0 Å². The largest absolute Gasteiger partial charge is 0.481 e. The van der Waals surface area contributed by atoms with Gasteiger partial charge in [0.25, 0.3) is 0 Å². The molecule has 0 aliphatic rings. The monoisotopic (exact) mass is 269 g/mol. The minimum Gasteiger partial charge on any atom is -0.481 e. The van der Waals surface area contributed by atoms with Gasteiger partial charge in [0.1, 0.15) is 6.04 Å². The van der Waals surface area contributed by atoms with Gasteiger partial charge in [-0.3, -0.25) is 14.9 Å². The smallest absolute Gasteiger partial charge is 0.326 e. The molecule has 0 aliphatic heterocycles. The van der Waals surface area contributed by atoms with Crippen molar-refractivity contribution in [3.8, 4) is 0 Å². The van der Waals surface area contributed by atoms with Crippen molar-refractivity contribution < 1.29 is 24.7 Å². The summed E-state index contributed by atoms with van der Waals surface area (Å²) in [4.78, 5) is 35.2. The van der Waals surface area contributed by atoms with Crippen molar-refractivity contribution >= 4 is 23.4 Å². The maximum absolute atomic E-state index is 10.9. The Balaban J connectivity index is 3.05. The van der Waals surface area contributed by atoms with E-state index in [1.165, 1.54) is 12.3 Å². The molecule has 1 atom stereocenters. The summed E-state index contributed by atoms with van der Waals surface area (Å²) in [7, 11) is 0. The van der Waals surface area contributed by atoms with E-state index < -0.39 is 35.0 Å². The van der Waals surface area contributed by atoms with E-state index in [2.05, 4.69) is 10.3 Å². The van der Waals surface area contributed by atoms with Crippen molar-refractivity contribution in [3.63, 3.8) is 0 Å². The first-order valence-corrected chi connectivity index (χ1v) is 5.13. The second-order valence-electron chi connectivity index (χ2n) is 3.77. The Bertz CT molecular complexity index is 530. The molecule has 9 heteroatoms. The van der Waals surface area contributed by atoms with Crippen LogP contribution in [-0.2, 0) is 9.59 Å². The van der Waals surface area contributed by atoms with E-state index in [0.717, 1.165) is 0 Å². The highest BCUT2D eigenvalue weighted by Gasteiger charge is 2.25. The van der Waals surface area contributed by atoms with Crippen LogP contribution in [0.2, 0.25) is 0 Å². The molecule has 0 bridgehead atoms. The van der Waals surface area contributed by atoms with E-state index in [-0.39, 0.29) is 5.82 Å². The molecule has 102 valence electrons. The molecule has 0 saturated carbocycles.